The minimum atomic E-state index is -0.771. The number of nitrogens with one attached hydrogen (secondary N) is 1. The van der Waals surface area contributed by atoms with Crippen LogP contribution in [0.2, 0.25) is 0 Å². The van der Waals surface area contributed by atoms with Gasteiger partial charge in [0.25, 0.3) is 0 Å². The maximum absolute atomic E-state index is 12.7. The Hall–Kier alpha value is -1.10. The normalized spacial score (nSPS) is 27.8. The number of hydrogen-bond donors (Lipinski definition) is 1. The summed E-state index contributed by atoms with van der Waals surface area (Å²) in [5.74, 6) is 0.576. The van der Waals surface area contributed by atoms with E-state index in [0.717, 1.165) is 39.0 Å². The van der Waals surface area contributed by atoms with Gasteiger partial charge in [-0.3, -0.25) is 9.59 Å². The standard InChI is InChI=1S/C16H29N3O2/c1-5-13-14(20)17-16(3,4)15(21)19(13)11-12-7-9-18(6-2)10-8-12/h12-13H,5-11H2,1-4H3,(H,17,20). The van der Waals surface area contributed by atoms with Crippen molar-refractivity contribution < 1.29 is 9.59 Å². The van der Waals surface area contributed by atoms with E-state index >= 15 is 0 Å². The highest BCUT2D eigenvalue weighted by atomic mass is 16.2. The van der Waals surface area contributed by atoms with Crippen LogP contribution in [-0.4, -0.2) is 59.4 Å². The summed E-state index contributed by atoms with van der Waals surface area (Å²) in [5, 5.41) is 2.85. The van der Waals surface area contributed by atoms with Crippen LogP contribution >= 0.6 is 0 Å². The first kappa shape index (κ1) is 16.3. The number of hydrogen-bond acceptors (Lipinski definition) is 3. The van der Waals surface area contributed by atoms with Gasteiger partial charge in [-0.15, -0.1) is 0 Å². The third-order valence-electron chi connectivity index (χ3n) is 4.91. The first-order chi connectivity index (χ1) is 9.89. The molecule has 0 spiro atoms. The lowest BCUT2D eigenvalue weighted by molar-refractivity contribution is -0.154. The molecule has 0 saturated carbocycles. The maximum atomic E-state index is 12.7. The third-order valence-corrected chi connectivity index (χ3v) is 4.91. The van der Waals surface area contributed by atoms with Gasteiger partial charge in [-0.2, -0.15) is 0 Å². The van der Waals surface area contributed by atoms with Gasteiger partial charge in [-0.05, 0) is 58.7 Å². The van der Waals surface area contributed by atoms with Crippen molar-refractivity contribution in [2.24, 2.45) is 5.92 Å². The van der Waals surface area contributed by atoms with Gasteiger partial charge in [0.1, 0.15) is 11.6 Å². The molecule has 5 nitrogen and oxygen atoms in total. The van der Waals surface area contributed by atoms with Crippen molar-refractivity contribution in [3.63, 3.8) is 0 Å². The average Bonchev–Trinajstić information content (AvgIpc) is 2.45. The molecule has 2 amide bonds. The number of likely N-dealkylation sites (tertiary alicyclic amines) is 1. The molecule has 2 heterocycles. The summed E-state index contributed by atoms with van der Waals surface area (Å²) in [6, 6.07) is -0.297. The topological polar surface area (TPSA) is 52.7 Å². The molecule has 2 aliphatic heterocycles. The van der Waals surface area contributed by atoms with Crippen LogP contribution in [0.1, 0.15) is 47.0 Å². The molecule has 0 aliphatic carbocycles. The van der Waals surface area contributed by atoms with Crippen molar-refractivity contribution in [1.29, 1.82) is 0 Å². The molecular formula is C16H29N3O2. The fraction of sp³-hybridized carbons (Fsp3) is 0.875. The van der Waals surface area contributed by atoms with Crippen LogP contribution in [0.4, 0.5) is 0 Å². The molecule has 0 radical (unpaired) electrons. The quantitative estimate of drug-likeness (QED) is 0.849. The highest BCUT2D eigenvalue weighted by Gasteiger charge is 2.45. The zero-order chi connectivity index (χ0) is 15.6. The van der Waals surface area contributed by atoms with E-state index in [1.807, 2.05) is 11.8 Å². The Labute approximate surface area is 128 Å². The fourth-order valence-corrected chi connectivity index (χ4v) is 3.47. The van der Waals surface area contributed by atoms with Gasteiger partial charge in [-0.1, -0.05) is 13.8 Å². The maximum Gasteiger partial charge on any atom is 0.248 e. The minimum Gasteiger partial charge on any atom is -0.340 e. The Balaban J connectivity index is 2.05. The van der Waals surface area contributed by atoms with Crippen LogP contribution in [0.3, 0.4) is 0 Å². The molecule has 1 N–H and O–H groups in total. The Bertz CT molecular complexity index is 400. The number of carbonyl (C=O) groups is 2. The molecule has 0 bridgehead atoms. The molecule has 21 heavy (non-hydrogen) atoms. The van der Waals surface area contributed by atoms with Crippen LogP contribution in [0.15, 0.2) is 0 Å². The van der Waals surface area contributed by atoms with E-state index in [0.29, 0.717) is 12.3 Å². The van der Waals surface area contributed by atoms with Crippen molar-refractivity contribution in [2.45, 2.75) is 58.5 Å². The van der Waals surface area contributed by atoms with E-state index in [9.17, 15) is 9.59 Å². The molecule has 2 aliphatic rings. The Morgan fingerprint density at radius 3 is 2.33 bits per heavy atom. The van der Waals surface area contributed by atoms with Crippen molar-refractivity contribution in [3.05, 3.63) is 0 Å². The summed E-state index contributed by atoms with van der Waals surface area (Å²) in [4.78, 5) is 29.2. The van der Waals surface area contributed by atoms with Gasteiger partial charge in [0.05, 0.1) is 0 Å². The SMILES string of the molecule is CCC1C(=O)NC(C)(C)C(=O)N1CC1CCN(CC)CC1. The number of piperidine rings is 1. The molecule has 1 unspecified atom stereocenters. The van der Waals surface area contributed by atoms with Crippen LogP contribution in [0.5, 0.6) is 0 Å². The van der Waals surface area contributed by atoms with Gasteiger partial charge < -0.3 is 15.1 Å². The average molecular weight is 295 g/mol. The molecular weight excluding hydrogens is 266 g/mol. The molecule has 2 rings (SSSR count). The fourth-order valence-electron chi connectivity index (χ4n) is 3.47. The number of rotatable bonds is 4. The first-order valence-electron chi connectivity index (χ1n) is 8.24. The van der Waals surface area contributed by atoms with Gasteiger partial charge in [0.2, 0.25) is 11.8 Å². The number of nitrogens with zero attached hydrogens (tertiary/aromatic N) is 2. The monoisotopic (exact) mass is 295 g/mol. The minimum absolute atomic E-state index is 0.00639. The molecule has 0 aromatic heterocycles. The lowest BCUT2D eigenvalue weighted by Gasteiger charge is -2.44. The van der Waals surface area contributed by atoms with E-state index in [4.69, 9.17) is 0 Å². The second kappa shape index (κ2) is 6.34. The predicted molar refractivity (Wildman–Crippen MR) is 82.9 cm³/mol. The predicted octanol–water partition coefficient (Wildman–Crippen LogP) is 1.23. The van der Waals surface area contributed by atoms with Gasteiger partial charge in [-0.25, -0.2) is 0 Å². The van der Waals surface area contributed by atoms with Crippen LogP contribution in [0, 0.1) is 5.92 Å². The highest BCUT2D eigenvalue weighted by molar-refractivity contribution is 5.99. The van der Waals surface area contributed by atoms with E-state index in [-0.39, 0.29) is 17.9 Å². The third kappa shape index (κ3) is 3.39. The number of carbonyl (C=O) groups excluding carboxylic acids is 2. The molecule has 5 heteroatoms. The Kier molecular flexibility index (Phi) is 4.91. The van der Waals surface area contributed by atoms with Gasteiger partial charge in [0, 0.05) is 6.54 Å². The summed E-state index contributed by atoms with van der Waals surface area (Å²) in [6.07, 6.45) is 2.92. The van der Waals surface area contributed by atoms with E-state index in [1.54, 1.807) is 13.8 Å². The van der Waals surface area contributed by atoms with Crippen molar-refractivity contribution in [1.82, 2.24) is 15.1 Å². The number of amides is 2. The zero-order valence-electron chi connectivity index (χ0n) is 13.8. The van der Waals surface area contributed by atoms with Crippen molar-refractivity contribution in [2.75, 3.05) is 26.2 Å². The summed E-state index contributed by atoms with van der Waals surface area (Å²) in [6.45, 7) is 11.8. The van der Waals surface area contributed by atoms with Crippen LogP contribution in [-0.2, 0) is 9.59 Å². The number of piperazine rings is 1. The van der Waals surface area contributed by atoms with Gasteiger partial charge in [0.15, 0.2) is 0 Å². The van der Waals surface area contributed by atoms with E-state index < -0.39 is 5.54 Å². The van der Waals surface area contributed by atoms with Gasteiger partial charge >= 0.3 is 0 Å². The lowest BCUT2D eigenvalue weighted by atomic mass is 9.91. The van der Waals surface area contributed by atoms with Crippen molar-refractivity contribution in [3.8, 4) is 0 Å². The summed E-state index contributed by atoms with van der Waals surface area (Å²) < 4.78 is 0. The molecule has 0 aromatic rings. The second-order valence-electron chi connectivity index (χ2n) is 6.87. The summed E-state index contributed by atoms with van der Waals surface area (Å²) >= 11 is 0. The molecule has 0 aromatic carbocycles. The van der Waals surface area contributed by atoms with E-state index in [1.165, 1.54) is 0 Å². The molecule has 1 atom stereocenters. The smallest absolute Gasteiger partial charge is 0.248 e. The largest absolute Gasteiger partial charge is 0.340 e. The molecule has 2 fully saturated rings. The molecule has 2 saturated heterocycles. The second-order valence-corrected chi connectivity index (χ2v) is 6.87. The first-order valence-corrected chi connectivity index (χ1v) is 8.24. The Morgan fingerprint density at radius 2 is 1.81 bits per heavy atom. The Morgan fingerprint density at radius 1 is 1.19 bits per heavy atom. The highest BCUT2D eigenvalue weighted by Crippen LogP contribution is 2.25. The van der Waals surface area contributed by atoms with Crippen LogP contribution in [0.25, 0.3) is 0 Å². The zero-order valence-corrected chi connectivity index (χ0v) is 13.8. The summed E-state index contributed by atoms with van der Waals surface area (Å²) in [5.41, 5.74) is -0.771. The molecule has 120 valence electrons. The van der Waals surface area contributed by atoms with Crippen LogP contribution < -0.4 is 5.32 Å². The summed E-state index contributed by atoms with van der Waals surface area (Å²) in [7, 11) is 0. The lowest BCUT2D eigenvalue weighted by Crippen LogP contribution is -2.68. The van der Waals surface area contributed by atoms with E-state index in [2.05, 4.69) is 17.1 Å². The van der Waals surface area contributed by atoms with Crippen molar-refractivity contribution >= 4 is 11.8 Å².